The topological polar surface area (TPSA) is 34.1 Å². The van der Waals surface area contributed by atoms with Crippen molar-refractivity contribution in [1.82, 2.24) is 0 Å². The summed E-state index contributed by atoms with van der Waals surface area (Å²) in [6.07, 6.45) is -2.84. The maximum atomic E-state index is 12.4. The quantitative estimate of drug-likeness (QED) is 0.698. The Labute approximate surface area is 125 Å². The average molecular weight is 373 g/mol. The minimum Gasteiger partial charge on any atom is -0.224 e. The number of alkyl halides is 4. The third kappa shape index (κ3) is 4.77. The third-order valence-corrected chi connectivity index (χ3v) is 5.73. The van der Waals surface area contributed by atoms with Crippen LogP contribution in [0, 0.1) is 5.92 Å². The summed E-state index contributed by atoms with van der Waals surface area (Å²) in [5, 5.41) is 0.556. The Morgan fingerprint density at radius 1 is 1.20 bits per heavy atom. The summed E-state index contributed by atoms with van der Waals surface area (Å²) in [7, 11) is -3.55. The van der Waals surface area contributed by atoms with Crippen molar-refractivity contribution in [2.75, 3.05) is 11.1 Å². The molecule has 0 saturated carbocycles. The van der Waals surface area contributed by atoms with Crippen LogP contribution in [-0.4, -0.2) is 19.5 Å². The highest BCUT2D eigenvalue weighted by Gasteiger charge is 2.30. The summed E-state index contributed by atoms with van der Waals surface area (Å²) < 4.78 is 61.5. The fourth-order valence-corrected chi connectivity index (χ4v) is 4.38. The minimum atomic E-state index is -4.46. The minimum absolute atomic E-state index is 0.0349. The van der Waals surface area contributed by atoms with E-state index in [1.807, 2.05) is 6.92 Å². The molecular formula is C13H16BrF3O2S. The highest BCUT2D eigenvalue weighted by molar-refractivity contribution is 9.09. The molecule has 0 spiro atoms. The van der Waals surface area contributed by atoms with Crippen LogP contribution in [0.2, 0.25) is 0 Å². The van der Waals surface area contributed by atoms with Gasteiger partial charge in [0.1, 0.15) is 0 Å². The van der Waals surface area contributed by atoms with Gasteiger partial charge in [-0.1, -0.05) is 29.3 Å². The van der Waals surface area contributed by atoms with Crippen molar-refractivity contribution in [3.05, 3.63) is 29.8 Å². The molecule has 0 heterocycles. The average Bonchev–Trinajstić information content (AvgIpc) is 2.37. The van der Waals surface area contributed by atoms with E-state index in [1.165, 1.54) is 0 Å². The van der Waals surface area contributed by atoms with Gasteiger partial charge in [-0.25, -0.2) is 8.42 Å². The first kappa shape index (κ1) is 17.5. The van der Waals surface area contributed by atoms with E-state index in [0.29, 0.717) is 5.33 Å². The van der Waals surface area contributed by atoms with E-state index in [-0.39, 0.29) is 16.6 Å². The van der Waals surface area contributed by atoms with Crippen LogP contribution >= 0.6 is 15.9 Å². The number of benzene rings is 1. The Morgan fingerprint density at radius 2 is 1.75 bits per heavy atom. The predicted molar refractivity (Wildman–Crippen MR) is 75.7 cm³/mol. The first-order chi connectivity index (χ1) is 9.20. The van der Waals surface area contributed by atoms with Crippen LogP contribution in [0.5, 0.6) is 0 Å². The van der Waals surface area contributed by atoms with Crippen molar-refractivity contribution in [3.8, 4) is 0 Å². The molecule has 0 bridgehead atoms. The summed E-state index contributed by atoms with van der Waals surface area (Å²) in [5.41, 5.74) is -0.845. The number of hydrogen-bond acceptors (Lipinski definition) is 2. The summed E-state index contributed by atoms with van der Waals surface area (Å²) >= 11 is 3.27. The van der Waals surface area contributed by atoms with Crippen LogP contribution < -0.4 is 0 Å². The summed E-state index contributed by atoms with van der Waals surface area (Å²) in [4.78, 5) is -0.0625. The number of hydrogen-bond donors (Lipinski definition) is 0. The molecule has 0 fully saturated rings. The molecule has 7 heteroatoms. The molecule has 0 saturated heterocycles. The summed E-state index contributed by atoms with van der Waals surface area (Å²) in [5.74, 6) is -0.0930. The molecule has 0 aliphatic carbocycles. The molecule has 114 valence electrons. The van der Waals surface area contributed by atoms with Crippen molar-refractivity contribution in [3.63, 3.8) is 0 Å². The van der Waals surface area contributed by atoms with Gasteiger partial charge in [0.05, 0.1) is 16.2 Å². The monoisotopic (exact) mass is 372 g/mol. The fraction of sp³-hybridized carbons (Fsp3) is 0.538. The van der Waals surface area contributed by atoms with Gasteiger partial charge in [-0.05, 0) is 36.6 Å². The van der Waals surface area contributed by atoms with Crippen molar-refractivity contribution in [2.24, 2.45) is 5.92 Å². The van der Waals surface area contributed by atoms with Gasteiger partial charge in [-0.15, -0.1) is 0 Å². The molecule has 1 aromatic carbocycles. The lowest BCUT2D eigenvalue weighted by atomic mass is 10.1. The second kappa shape index (κ2) is 6.93. The van der Waals surface area contributed by atoms with Crippen molar-refractivity contribution in [2.45, 2.75) is 30.8 Å². The van der Waals surface area contributed by atoms with Gasteiger partial charge in [0, 0.05) is 5.33 Å². The lowest BCUT2D eigenvalue weighted by Gasteiger charge is -2.14. The van der Waals surface area contributed by atoms with Crippen molar-refractivity contribution in [1.29, 1.82) is 0 Å². The van der Waals surface area contributed by atoms with Crippen molar-refractivity contribution < 1.29 is 21.6 Å². The first-order valence-electron chi connectivity index (χ1n) is 6.16. The number of rotatable bonds is 6. The van der Waals surface area contributed by atoms with Crippen LogP contribution in [0.15, 0.2) is 29.2 Å². The Hall–Kier alpha value is -0.560. The van der Waals surface area contributed by atoms with Crippen LogP contribution in [0.4, 0.5) is 13.2 Å². The Morgan fingerprint density at radius 3 is 2.15 bits per heavy atom. The maximum absolute atomic E-state index is 12.4. The molecule has 1 atom stereocenters. The molecule has 0 aromatic heterocycles. The zero-order chi connectivity index (χ0) is 15.4. The Kier molecular flexibility index (Phi) is 6.06. The first-order valence-corrected chi connectivity index (χ1v) is 8.94. The number of halogens is 4. The van der Waals surface area contributed by atoms with E-state index >= 15 is 0 Å². The fourth-order valence-electron chi connectivity index (χ4n) is 1.87. The van der Waals surface area contributed by atoms with Crippen LogP contribution in [0.1, 0.15) is 25.3 Å². The lowest BCUT2D eigenvalue weighted by Crippen LogP contribution is -2.18. The molecule has 0 aliphatic heterocycles. The SMILES string of the molecule is CCCC(CBr)CS(=O)(=O)c1ccc(C(F)(F)F)cc1. The van der Waals surface area contributed by atoms with Crippen LogP contribution in [0.25, 0.3) is 0 Å². The molecule has 1 rings (SSSR count). The van der Waals surface area contributed by atoms with Gasteiger partial charge >= 0.3 is 6.18 Å². The van der Waals surface area contributed by atoms with E-state index in [2.05, 4.69) is 15.9 Å². The second-order valence-corrected chi connectivity index (χ2v) is 7.29. The molecular weight excluding hydrogens is 357 g/mol. The Balaban J connectivity index is 2.93. The molecule has 20 heavy (non-hydrogen) atoms. The standard InChI is InChI=1S/C13H16BrF3O2S/c1-2-3-10(8-14)9-20(18,19)12-6-4-11(5-7-12)13(15,16)17/h4-7,10H,2-3,8-9H2,1H3. The molecule has 0 radical (unpaired) electrons. The molecule has 1 unspecified atom stereocenters. The second-order valence-electron chi connectivity index (χ2n) is 4.61. The van der Waals surface area contributed by atoms with E-state index in [0.717, 1.165) is 37.1 Å². The van der Waals surface area contributed by atoms with E-state index in [9.17, 15) is 21.6 Å². The molecule has 0 amide bonds. The molecule has 0 aliphatic rings. The predicted octanol–water partition coefficient (Wildman–Crippen LogP) is 4.29. The highest BCUT2D eigenvalue weighted by Crippen LogP contribution is 2.30. The van der Waals surface area contributed by atoms with Gasteiger partial charge in [-0.3, -0.25) is 0 Å². The van der Waals surface area contributed by atoms with E-state index in [1.54, 1.807) is 0 Å². The largest absolute Gasteiger partial charge is 0.416 e. The Bertz CT molecular complexity index is 524. The third-order valence-electron chi connectivity index (χ3n) is 2.91. The lowest BCUT2D eigenvalue weighted by molar-refractivity contribution is -0.137. The number of sulfone groups is 1. The normalized spacial score (nSPS) is 14.2. The zero-order valence-corrected chi connectivity index (χ0v) is 13.4. The zero-order valence-electron chi connectivity index (χ0n) is 11.0. The van der Waals surface area contributed by atoms with E-state index < -0.39 is 21.6 Å². The van der Waals surface area contributed by atoms with Gasteiger partial charge in [0.25, 0.3) is 0 Å². The van der Waals surface area contributed by atoms with Gasteiger partial charge in [-0.2, -0.15) is 13.2 Å². The maximum Gasteiger partial charge on any atom is 0.416 e. The van der Waals surface area contributed by atoms with Gasteiger partial charge in [0.2, 0.25) is 0 Å². The molecule has 1 aromatic rings. The van der Waals surface area contributed by atoms with Crippen LogP contribution in [0.3, 0.4) is 0 Å². The summed E-state index contributed by atoms with van der Waals surface area (Å²) in [6, 6.07) is 3.65. The molecule has 2 nitrogen and oxygen atoms in total. The smallest absolute Gasteiger partial charge is 0.224 e. The van der Waals surface area contributed by atoms with Crippen LogP contribution in [-0.2, 0) is 16.0 Å². The highest BCUT2D eigenvalue weighted by atomic mass is 79.9. The van der Waals surface area contributed by atoms with E-state index in [4.69, 9.17) is 0 Å². The summed E-state index contributed by atoms with van der Waals surface area (Å²) in [6.45, 7) is 1.96. The molecule has 0 N–H and O–H groups in total. The van der Waals surface area contributed by atoms with Crippen molar-refractivity contribution >= 4 is 25.8 Å². The van der Waals surface area contributed by atoms with Gasteiger partial charge in [0.15, 0.2) is 9.84 Å². The van der Waals surface area contributed by atoms with Gasteiger partial charge < -0.3 is 0 Å².